The van der Waals surface area contributed by atoms with Gasteiger partial charge in [0, 0.05) is 7.05 Å². The van der Waals surface area contributed by atoms with Crippen LogP contribution in [-0.4, -0.2) is 29.6 Å². The molecule has 66 valence electrons. The van der Waals surface area contributed by atoms with E-state index in [-0.39, 0.29) is 5.91 Å². The Morgan fingerprint density at radius 3 is 3.00 bits per heavy atom. The molecule has 0 radical (unpaired) electrons. The van der Waals surface area contributed by atoms with Crippen molar-refractivity contribution in [2.75, 3.05) is 13.7 Å². The van der Waals surface area contributed by atoms with Crippen LogP contribution in [0.15, 0.2) is 22.8 Å². The number of carbonyl (C=O) groups excluding carboxylic acids is 1. The minimum Gasteiger partial charge on any atom is -0.467 e. The minimum absolute atomic E-state index is 0.314. The van der Waals surface area contributed by atoms with Crippen LogP contribution in [0, 0.1) is 0 Å². The van der Waals surface area contributed by atoms with Crippen molar-refractivity contribution in [2.45, 2.75) is 6.54 Å². The van der Waals surface area contributed by atoms with Gasteiger partial charge in [-0.2, -0.15) is 0 Å². The molecule has 4 heteroatoms. The monoisotopic (exact) mass is 169 g/mol. The Morgan fingerprint density at radius 1 is 1.75 bits per heavy atom. The van der Waals surface area contributed by atoms with Crippen molar-refractivity contribution in [1.82, 2.24) is 4.90 Å². The largest absolute Gasteiger partial charge is 0.467 e. The fourth-order valence-electron chi connectivity index (χ4n) is 0.845. The predicted octanol–water partition coefficient (Wildman–Crippen LogP) is 0.230. The first-order chi connectivity index (χ1) is 5.74. The fraction of sp³-hybridized carbons (Fsp3) is 0.375. The molecule has 0 unspecified atom stereocenters. The summed E-state index contributed by atoms with van der Waals surface area (Å²) in [4.78, 5) is 12.3. The molecule has 1 amide bonds. The molecule has 0 aliphatic heterocycles. The molecule has 0 aliphatic carbocycles. The zero-order valence-electron chi connectivity index (χ0n) is 6.86. The number of aliphatic hydroxyl groups excluding tert-OH is 1. The van der Waals surface area contributed by atoms with Crippen LogP contribution < -0.4 is 0 Å². The van der Waals surface area contributed by atoms with Gasteiger partial charge < -0.3 is 14.4 Å². The van der Waals surface area contributed by atoms with Crippen molar-refractivity contribution in [1.29, 1.82) is 0 Å². The topological polar surface area (TPSA) is 53.7 Å². The maximum Gasteiger partial charge on any atom is 0.248 e. The van der Waals surface area contributed by atoms with Gasteiger partial charge in [0.15, 0.2) is 0 Å². The highest BCUT2D eigenvalue weighted by molar-refractivity contribution is 5.76. The molecule has 4 nitrogen and oxygen atoms in total. The SMILES string of the molecule is CN(Cc1ccco1)C(=O)CO. The van der Waals surface area contributed by atoms with E-state index >= 15 is 0 Å². The van der Waals surface area contributed by atoms with E-state index < -0.39 is 6.61 Å². The van der Waals surface area contributed by atoms with Gasteiger partial charge in [-0.3, -0.25) is 4.79 Å². The van der Waals surface area contributed by atoms with Crippen molar-refractivity contribution < 1.29 is 14.3 Å². The lowest BCUT2D eigenvalue weighted by Crippen LogP contribution is -2.28. The maximum atomic E-state index is 10.9. The summed E-state index contributed by atoms with van der Waals surface area (Å²) >= 11 is 0. The average Bonchev–Trinajstić information content (AvgIpc) is 2.55. The van der Waals surface area contributed by atoms with Gasteiger partial charge in [-0.15, -0.1) is 0 Å². The van der Waals surface area contributed by atoms with Crippen molar-refractivity contribution in [3.05, 3.63) is 24.2 Å². The molecule has 0 saturated heterocycles. The number of rotatable bonds is 3. The highest BCUT2D eigenvalue weighted by Gasteiger charge is 2.07. The Balaban J connectivity index is 2.47. The number of hydrogen-bond donors (Lipinski definition) is 1. The second-order valence-electron chi connectivity index (χ2n) is 2.49. The van der Waals surface area contributed by atoms with E-state index in [1.807, 2.05) is 0 Å². The molecule has 0 atom stereocenters. The molecule has 0 aliphatic rings. The Hall–Kier alpha value is -1.29. The predicted molar refractivity (Wildman–Crippen MR) is 42.3 cm³/mol. The van der Waals surface area contributed by atoms with Crippen LogP contribution in [0.2, 0.25) is 0 Å². The molecular weight excluding hydrogens is 158 g/mol. The molecular formula is C8H11NO3. The standard InChI is InChI=1S/C8H11NO3/c1-9(8(11)6-10)5-7-3-2-4-12-7/h2-4,10H,5-6H2,1H3. The van der Waals surface area contributed by atoms with Crippen molar-refractivity contribution >= 4 is 5.91 Å². The normalized spacial score (nSPS) is 9.83. The zero-order chi connectivity index (χ0) is 8.97. The van der Waals surface area contributed by atoms with Gasteiger partial charge in [-0.25, -0.2) is 0 Å². The molecule has 0 aromatic carbocycles. The van der Waals surface area contributed by atoms with Gasteiger partial charge in [0.25, 0.3) is 0 Å². The van der Waals surface area contributed by atoms with Crippen LogP contribution in [0.1, 0.15) is 5.76 Å². The average molecular weight is 169 g/mol. The lowest BCUT2D eigenvalue weighted by atomic mass is 10.4. The first-order valence-electron chi connectivity index (χ1n) is 3.61. The molecule has 12 heavy (non-hydrogen) atoms. The fourth-order valence-corrected chi connectivity index (χ4v) is 0.845. The van der Waals surface area contributed by atoms with E-state index in [4.69, 9.17) is 9.52 Å². The number of aliphatic hydroxyl groups is 1. The summed E-state index contributed by atoms with van der Waals surface area (Å²) in [5.74, 6) is 0.394. The molecule has 1 aromatic heterocycles. The first kappa shape index (κ1) is 8.80. The third-order valence-electron chi connectivity index (χ3n) is 1.53. The highest BCUT2D eigenvalue weighted by atomic mass is 16.3. The summed E-state index contributed by atoms with van der Waals surface area (Å²) in [6.45, 7) is -0.0659. The maximum absolute atomic E-state index is 10.9. The molecule has 1 heterocycles. The molecule has 1 rings (SSSR count). The number of likely N-dealkylation sites (N-methyl/N-ethyl adjacent to an activating group) is 1. The number of hydrogen-bond acceptors (Lipinski definition) is 3. The van der Waals surface area contributed by atoms with E-state index in [2.05, 4.69) is 0 Å². The quantitative estimate of drug-likeness (QED) is 0.704. The number of carbonyl (C=O) groups is 1. The Morgan fingerprint density at radius 2 is 2.50 bits per heavy atom. The number of furan rings is 1. The second-order valence-corrected chi connectivity index (χ2v) is 2.49. The van der Waals surface area contributed by atoms with Gasteiger partial charge in [0.05, 0.1) is 12.8 Å². The van der Waals surface area contributed by atoms with Gasteiger partial charge >= 0.3 is 0 Å². The van der Waals surface area contributed by atoms with E-state index in [9.17, 15) is 4.79 Å². The van der Waals surface area contributed by atoms with Crippen LogP contribution in [0.5, 0.6) is 0 Å². The van der Waals surface area contributed by atoms with Crippen LogP contribution in [0.4, 0.5) is 0 Å². The third-order valence-corrected chi connectivity index (χ3v) is 1.53. The molecule has 0 saturated carbocycles. The van der Waals surface area contributed by atoms with Crippen LogP contribution in [-0.2, 0) is 11.3 Å². The lowest BCUT2D eigenvalue weighted by Gasteiger charge is -2.13. The zero-order valence-corrected chi connectivity index (χ0v) is 6.86. The van der Waals surface area contributed by atoms with Gasteiger partial charge in [0.1, 0.15) is 12.4 Å². The summed E-state index contributed by atoms with van der Waals surface area (Å²) in [6.07, 6.45) is 1.55. The van der Waals surface area contributed by atoms with Crippen LogP contribution in [0.25, 0.3) is 0 Å². The summed E-state index contributed by atoms with van der Waals surface area (Å²) < 4.78 is 5.02. The smallest absolute Gasteiger partial charge is 0.248 e. The molecule has 0 fully saturated rings. The minimum atomic E-state index is -0.461. The van der Waals surface area contributed by atoms with Crippen molar-refractivity contribution in [2.24, 2.45) is 0 Å². The highest BCUT2D eigenvalue weighted by Crippen LogP contribution is 2.03. The van der Waals surface area contributed by atoms with Crippen molar-refractivity contribution in [3.8, 4) is 0 Å². The van der Waals surface area contributed by atoms with Crippen LogP contribution in [0.3, 0.4) is 0 Å². The Kier molecular flexibility index (Phi) is 2.88. The van der Waals surface area contributed by atoms with Gasteiger partial charge in [-0.1, -0.05) is 0 Å². The van der Waals surface area contributed by atoms with Crippen LogP contribution >= 0.6 is 0 Å². The Bertz CT molecular complexity index is 243. The molecule has 0 bridgehead atoms. The van der Waals surface area contributed by atoms with Crippen molar-refractivity contribution in [3.63, 3.8) is 0 Å². The van der Waals surface area contributed by atoms with E-state index in [1.54, 1.807) is 25.4 Å². The first-order valence-corrected chi connectivity index (χ1v) is 3.61. The van der Waals surface area contributed by atoms with E-state index in [0.717, 1.165) is 0 Å². The summed E-state index contributed by atoms with van der Waals surface area (Å²) in [5, 5.41) is 8.51. The summed E-state index contributed by atoms with van der Waals surface area (Å²) in [5.41, 5.74) is 0. The second kappa shape index (κ2) is 3.92. The molecule has 0 spiro atoms. The lowest BCUT2D eigenvalue weighted by molar-refractivity contribution is -0.133. The van der Waals surface area contributed by atoms with E-state index in [1.165, 1.54) is 4.90 Å². The summed E-state index contributed by atoms with van der Waals surface area (Å²) in [6, 6.07) is 3.54. The third kappa shape index (κ3) is 2.10. The van der Waals surface area contributed by atoms with E-state index in [0.29, 0.717) is 12.3 Å². The summed E-state index contributed by atoms with van der Waals surface area (Å²) in [7, 11) is 1.61. The molecule has 1 aromatic rings. The number of nitrogens with zero attached hydrogens (tertiary/aromatic N) is 1. The van der Waals surface area contributed by atoms with Gasteiger partial charge in [-0.05, 0) is 12.1 Å². The Labute approximate surface area is 70.4 Å². The molecule has 1 N–H and O–H groups in total. The van der Waals surface area contributed by atoms with Gasteiger partial charge in [0.2, 0.25) is 5.91 Å². The number of amides is 1.